The van der Waals surface area contributed by atoms with Gasteiger partial charge in [0.05, 0.1) is 17.2 Å². The van der Waals surface area contributed by atoms with Crippen molar-refractivity contribution in [3.05, 3.63) is 16.1 Å². The van der Waals surface area contributed by atoms with E-state index in [1.165, 1.54) is 50.3 Å². The van der Waals surface area contributed by atoms with E-state index < -0.39 is 0 Å². The SMILES string of the molecule is CN=C(NCc1csc(C(C)C)n1)N1CCC(CN2CCCCC2)C1. The molecule has 1 aromatic heterocycles. The first-order chi connectivity index (χ1) is 12.2. The van der Waals surface area contributed by atoms with E-state index >= 15 is 0 Å². The van der Waals surface area contributed by atoms with Gasteiger partial charge in [0.15, 0.2) is 5.96 Å². The smallest absolute Gasteiger partial charge is 0.193 e. The minimum Gasteiger partial charge on any atom is -0.351 e. The van der Waals surface area contributed by atoms with Crippen LogP contribution in [0.2, 0.25) is 0 Å². The van der Waals surface area contributed by atoms with E-state index in [9.17, 15) is 0 Å². The van der Waals surface area contributed by atoms with Crippen molar-refractivity contribution in [2.24, 2.45) is 10.9 Å². The number of hydrogen-bond donors (Lipinski definition) is 1. The van der Waals surface area contributed by atoms with Crippen LogP contribution < -0.4 is 5.32 Å². The van der Waals surface area contributed by atoms with Crippen molar-refractivity contribution >= 4 is 17.3 Å². The molecule has 1 atom stereocenters. The van der Waals surface area contributed by atoms with E-state index in [0.717, 1.165) is 37.2 Å². The molecule has 140 valence electrons. The van der Waals surface area contributed by atoms with Crippen LogP contribution in [0.15, 0.2) is 10.4 Å². The molecule has 3 heterocycles. The average Bonchev–Trinajstić information content (AvgIpc) is 3.26. The number of hydrogen-bond acceptors (Lipinski definition) is 4. The van der Waals surface area contributed by atoms with Crippen molar-refractivity contribution < 1.29 is 0 Å². The molecule has 0 spiro atoms. The number of nitrogens with zero attached hydrogens (tertiary/aromatic N) is 4. The summed E-state index contributed by atoms with van der Waals surface area (Å²) in [7, 11) is 1.89. The maximum absolute atomic E-state index is 4.71. The Morgan fingerprint density at radius 1 is 1.32 bits per heavy atom. The van der Waals surface area contributed by atoms with Crippen LogP contribution in [-0.4, -0.2) is 60.5 Å². The first kappa shape index (κ1) is 18.6. The maximum atomic E-state index is 4.71. The lowest BCUT2D eigenvalue weighted by molar-refractivity contribution is 0.198. The van der Waals surface area contributed by atoms with Gasteiger partial charge in [-0.25, -0.2) is 4.98 Å². The Kier molecular flexibility index (Phi) is 6.70. The molecule has 0 bridgehead atoms. The summed E-state index contributed by atoms with van der Waals surface area (Å²) in [4.78, 5) is 14.3. The van der Waals surface area contributed by atoms with Crippen LogP contribution in [-0.2, 0) is 6.54 Å². The van der Waals surface area contributed by atoms with E-state index in [1.807, 2.05) is 7.05 Å². The van der Waals surface area contributed by atoms with Gasteiger partial charge in [0.2, 0.25) is 0 Å². The Morgan fingerprint density at radius 3 is 2.80 bits per heavy atom. The molecule has 0 saturated carbocycles. The zero-order valence-electron chi connectivity index (χ0n) is 16.0. The number of aliphatic imine (C=N–C) groups is 1. The largest absolute Gasteiger partial charge is 0.351 e. The Morgan fingerprint density at radius 2 is 2.12 bits per heavy atom. The van der Waals surface area contributed by atoms with Crippen molar-refractivity contribution in [1.29, 1.82) is 0 Å². The molecule has 0 amide bonds. The minimum absolute atomic E-state index is 0.507. The van der Waals surface area contributed by atoms with E-state index in [-0.39, 0.29) is 0 Å². The summed E-state index contributed by atoms with van der Waals surface area (Å²) in [6, 6.07) is 0. The molecule has 25 heavy (non-hydrogen) atoms. The summed E-state index contributed by atoms with van der Waals surface area (Å²) < 4.78 is 0. The third kappa shape index (κ3) is 5.17. The Labute approximate surface area is 156 Å². The van der Waals surface area contributed by atoms with Gasteiger partial charge in [-0.3, -0.25) is 4.99 Å². The van der Waals surface area contributed by atoms with Crippen LogP contribution in [0.4, 0.5) is 0 Å². The lowest BCUT2D eigenvalue weighted by atomic mass is 10.1. The molecule has 1 unspecified atom stereocenters. The highest BCUT2D eigenvalue weighted by Crippen LogP contribution is 2.21. The van der Waals surface area contributed by atoms with Crippen molar-refractivity contribution in [3.63, 3.8) is 0 Å². The molecule has 5 nitrogen and oxygen atoms in total. The van der Waals surface area contributed by atoms with Crippen LogP contribution in [0, 0.1) is 5.92 Å². The molecule has 6 heteroatoms. The fraction of sp³-hybridized carbons (Fsp3) is 0.789. The average molecular weight is 364 g/mol. The van der Waals surface area contributed by atoms with Crippen molar-refractivity contribution in [2.45, 2.75) is 52.0 Å². The second-order valence-electron chi connectivity index (χ2n) is 7.69. The summed E-state index contributed by atoms with van der Waals surface area (Å²) >= 11 is 1.76. The predicted molar refractivity (Wildman–Crippen MR) is 106 cm³/mol. The van der Waals surface area contributed by atoms with Crippen LogP contribution in [0.5, 0.6) is 0 Å². The molecule has 3 rings (SSSR count). The third-order valence-electron chi connectivity index (χ3n) is 5.25. The number of likely N-dealkylation sites (tertiary alicyclic amines) is 2. The van der Waals surface area contributed by atoms with Gasteiger partial charge >= 0.3 is 0 Å². The molecule has 0 aromatic carbocycles. The van der Waals surface area contributed by atoms with Gasteiger partial charge in [0, 0.05) is 38.0 Å². The van der Waals surface area contributed by atoms with Gasteiger partial charge in [-0.1, -0.05) is 20.3 Å². The Balaban J connectivity index is 1.46. The number of piperidine rings is 1. The summed E-state index contributed by atoms with van der Waals surface area (Å²) in [5.74, 6) is 2.32. The summed E-state index contributed by atoms with van der Waals surface area (Å²) in [6.45, 7) is 11.3. The van der Waals surface area contributed by atoms with Crippen LogP contribution in [0.1, 0.15) is 56.2 Å². The summed E-state index contributed by atoms with van der Waals surface area (Å²) in [5.41, 5.74) is 1.12. The molecular formula is C19H33N5S. The highest BCUT2D eigenvalue weighted by atomic mass is 32.1. The molecule has 1 N–H and O–H groups in total. The number of thiazole rings is 1. The predicted octanol–water partition coefficient (Wildman–Crippen LogP) is 3.15. The van der Waals surface area contributed by atoms with Crippen molar-refractivity contribution in [3.8, 4) is 0 Å². The van der Waals surface area contributed by atoms with Gasteiger partial charge < -0.3 is 15.1 Å². The standard InChI is InChI=1S/C19H33N5S/c1-15(2)18-22-17(14-25-18)11-21-19(20-3)24-10-7-16(13-24)12-23-8-5-4-6-9-23/h14-16H,4-13H2,1-3H3,(H,20,21). The fourth-order valence-electron chi connectivity index (χ4n) is 3.85. The van der Waals surface area contributed by atoms with Crippen LogP contribution >= 0.6 is 11.3 Å². The van der Waals surface area contributed by atoms with Gasteiger partial charge in [-0.05, 0) is 38.3 Å². The molecule has 2 aliphatic heterocycles. The van der Waals surface area contributed by atoms with Gasteiger partial charge in [-0.2, -0.15) is 0 Å². The number of aromatic nitrogens is 1. The topological polar surface area (TPSA) is 43.8 Å². The zero-order valence-corrected chi connectivity index (χ0v) is 16.8. The first-order valence-corrected chi connectivity index (χ1v) is 10.7. The van der Waals surface area contributed by atoms with Gasteiger partial charge in [0.25, 0.3) is 0 Å². The monoisotopic (exact) mass is 363 g/mol. The second-order valence-corrected chi connectivity index (χ2v) is 8.58. The maximum Gasteiger partial charge on any atom is 0.193 e. The number of guanidine groups is 1. The Bertz CT molecular complexity index is 562. The zero-order chi connectivity index (χ0) is 17.6. The summed E-state index contributed by atoms with van der Waals surface area (Å²) in [5, 5.41) is 6.89. The minimum atomic E-state index is 0.507. The molecule has 2 aliphatic rings. The lowest BCUT2D eigenvalue weighted by Gasteiger charge is -2.29. The molecule has 2 saturated heterocycles. The molecule has 2 fully saturated rings. The molecule has 0 aliphatic carbocycles. The van der Waals surface area contributed by atoms with Crippen LogP contribution in [0.25, 0.3) is 0 Å². The van der Waals surface area contributed by atoms with E-state index in [1.54, 1.807) is 11.3 Å². The fourth-order valence-corrected chi connectivity index (χ4v) is 4.69. The normalized spacial score (nSPS) is 22.8. The van der Waals surface area contributed by atoms with Gasteiger partial charge in [-0.15, -0.1) is 11.3 Å². The van der Waals surface area contributed by atoms with E-state index in [4.69, 9.17) is 4.98 Å². The molecular weight excluding hydrogens is 330 g/mol. The third-order valence-corrected chi connectivity index (χ3v) is 6.45. The van der Waals surface area contributed by atoms with Gasteiger partial charge in [0.1, 0.15) is 0 Å². The quantitative estimate of drug-likeness (QED) is 0.645. The number of nitrogens with one attached hydrogen (secondary N) is 1. The molecule has 0 radical (unpaired) electrons. The van der Waals surface area contributed by atoms with Crippen molar-refractivity contribution in [2.75, 3.05) is 39.8 Å². The van der Waals surface area contributed by atoms with E-state index in [0.29, 0.717) is 5.92 Å². The highest BCUT2D eigenvalue weighted by molar-refractivity contribution is 7.09. The molecule has 1 aromatic rings. The Hall–Kier alpha value is -1.14. The lowest BCUT2D eigenvalue weighted by Crippen LogP contribution is -2.41. The summed E-state index contributed by atoms with van der Waals surface area (Å²) in [6.07, 6.45) is 5.46. The van der Waals surface area contributed by atoms with Crippen LogP contribution in [0.3, 0.4) is 0 Å². The van der Waals surface area contributed by atoms with Crippen molar-refractivity contribution in [1.82, 2.24) is 20.1 Å². The highest BCUT2D eigenvalue weighted by Gasteiger charge is 2.27. The van der Waals surface area contributed by atoms with E-state index in [2.05, 4.69) is 39.3 Å². The number of rotatable bonds is 5. The first-order valence-electron chi connectivity index (χ1n) is 9.78. The second kappa shape index (κ2) is 8.99.